The number of pyridine rings is 1. The van der Waals surface area contributed by atoms with Crippen LogP contribution in [-0.2, 0) is 6.54 Å². The molecule has 0 bridgehead atoms. The summed E-state index contributed by atoms with van der Waals surface area (Å²) in [5.41, 5.74) is 1.48. The fraction of sp³-hybridized carbons (Fsp3) is 0.214. The zero-order valence-corrected chi connectivity index (χ0v) is 11.6. The third-order valence-corrected chi connectivity index (χ3v) is 3.21. The Morgan fingerprint density at radius 1 is 1.38 bits per heavy atom. The van der Waals surface area contributed by atoms with E-state index in [0.29, 0.717) is 17.4 Å². The molecule has 0 aliphatic rings. The van der Waals surface area contributed by atoms with E-state index in [1.54, 1.807) is 24.4 Å². The van der Waals surface area contributed by atoms with Crippen molar-refractivity contribution in [2.75, 3.05) is 5.32 Å². The fourth-order valence-corrected chi connectivity index (χ4v) is 2.10. The number of aromatic nitrogens is 3. The van der Waals surface area contributed by atoms with E-state index in [2.05, 4.69) is 15.3 Å². The number of fused-ring (bicyclic) bond motifs is 1. The molecule has 3 heterocycles. The highest BCUT2D eigenvalue weighted by Gasteiger charge is 2.18. The number of nitrogens with zero attached hydrogens (tertiary/aromatic N) is 3. The summed E-state index contributed by atoms with van der Waals surface area (Å²) in [6, 6.07) is 5.31. The van der Waals surface area contributed by atoms with E-state index in [-0.39, 0.29) is 12.2 Å². The van der Waals surface area contributed by atoms with Crippen molar-refractivity contribution < 1.29 is 14.3 Å². The van der Waals surface area contributed by atoms with Crippen LogP contribution in [0.4, 0.5) is 5.82 Å². The maximum absolute atomic E-state index is 11.4. The van der Waals surface area contributed by atoms with Crippen LogP contribution in [0.3, 0.4) is 0 Å². The van der Waals surface area contributed by atoms with Gasteiger partial charge >= 0.3 is 5.97 Å². The Hall–Kier alpha value is -2.83. The molecule has 2 N–H and O–H groups in total. The smallest absolute Gasteiger partial charge is 0.356 e. The third-order valence-electron chi connectivity index (χ3n) is 3.21. The summed E-state index contributed by atoms with van der Waals surface area (Å²) in [6.07, 6.45) is 1.66. The van der Waals surface area contributed by atoms with Gasteiger partial charge in [0.25, 0.3) is 0 Å². The zero-order valence-electron chi connectivity index (χ0n) is 11.6. The first-order valence-electron chi connectivity index (χ1n) is 6.43. The first-order valence-corrected chi connectivity index (χ1v) is 6.43. The minimum absolute atomic E-state index is 0.0885. The van der Waals surface area contributed by atoms with Crippen molar-refractivity contribution in [2.45, 2.75) is 20.4 Å². The van der Waals surface area contributed by atoms with Gasteiger partial charge in [0.05, 0.1) is 12.2 Å². The van der Waals surface area contributed by atoms with Gasteiger partial charge in [0.15, 0.2) is 11.5 Å². The van der Waals surface area contributed by atoms with Gasteiger partial charge in [0.1, 0.15) is 11.4 Å². The number of hydrogen-bond donors (Lipinski definition) is 2. The molecule has 108 valence electrons. The average molecular weight is 286 g/mol. The van der Waals surface area contributed by atoms with Crippen LogP contribution >= 0.6 is 0 Å². The Kier molecular flexibility index (Phi) is 3.09. The molecule has 0 atom stereocenters. The summed E-state index contributed by atoms with van der Waals surface area (Å²) in [6.45, 7) is 3.97. The number of carboxylic acids is 1. The van der Waals surface area contributed by atoms with Gasteiger partial charge in [-0.25, -0.2) is 14.8 Å². The fourth-order valence-electron chi connectivity index (χ4n) is 2.10. The van der Waals surface area contributed by atoms with Crippen LogP contribution in [0.2, 0.25) is 0 Å². The standard InChI is InChI=1S/C14H14N4O3/c1-8-9(2)21-11(16-8)7-15-13-12(14(19)20)18-6-4-3-5-10(18)17-13/h3-6,15H,7H2,1-2H3,(H,19,20). The van der Waals surface area contributed by atoms with Crippen LogP contribution in [0, 0.1) is 13.8 Å². The number of rotatable bonds is 4. The summed E-state index contributed by atoms with van der Waals surface area (Å²) in [4.78, 5) is 19.9. The maximum atomic E-state index is 11.4. The van der Waals surface area contributed by atoms with Crippen LogP contribution in [0.25, 0.3) is 5.65 Å². The first kappa shape index (κ1) is 13.2. The topological polar surface area (TPSA) is 92.7 Å². The maximum Gasteiger partial charge on any atom is 0.356 e. The highest BCUT2D eigenvalue weighted by Crippen LogP contribution is 2.19. The molecule has 3 aromatic rings. The monoisotopic (exact) mass is 286 g/mol. The summed E-state index contributed by atoms with van der Waals surface area (Å²) in [5, 5.41) is 12.3. The average Bonchev–Trinajstić information content (AvgIpc) is 2.97. The largest absolute Gasteiger partial charge is 0.476 e. The van der Waals surface area contributed by atoms with Crippen LogP contribution in [0.1, 0.15) is 27.8 Å². The molecule has 0 aromatic carbocycles. The van der Waals surface area contributed by atoms with E-state index in [4.69, 9.17) is 4.42 Å². The Morgan fingerprint density at radius 3 is 2.86 bits per heavy atom. The van der Waals surface area contributed by atoms with Gasteiger partial charge in [-0.2, -0.15) is 0 Å². The quantitative estimate of drug-likeness (QED) is 0.764. The van der Waals surface area contributed by atoms with Gasteiger partial charge in [-0.05, 0) is 26.0 Å². The lowest BCUT2D eigenvalue weighted by molar-refractivity contribution is 0.0690. The number of nitrogens with one attached hydrogen (secondary N) is 1. The summed E-state index contributed by atoms with van der Waals surface area (Å²) in [5.74, 6) is 0.497. The van der Waals surface area contributed by atoms with Gasteiger partial charge in [0.2, 0.25) is 5.89 Å². The van der Waals surface area contributed by atoms with E-state index in [0.717, 1.165) is 11.5 Å². The van der Waals surface area contributed by atoms with Crippen molar-refractivity contribution in [1.29, 1.82) is 0 Å². The normalized spacial score (nSPS) is 11.0. The zero-order chi connectivity index (χ0) is 15.0. The minimum Gasteiger partial charge on any atom is -0.476 e. The summed E-state index contributed by atoms with van der Waals surface area (Å²) >= 11 is 0. The van der Waals surface area contributed by atoms with E-state index >= 15 is 0 Å². The molecule has 0 aliphatic carbocycles. The highest BCUT2D eigenvalue weighted by atomic mass is 16.4. The number of aromatic carboxylic acids is 1. The van der Waals surface area contributed by atoms with E-state index in [9.17, 15) is 9.90 Å². The Morgan fingerprint density at radius 2 is 2.19 bits per heavy atom. The molecule has 21 heavy (non-hydrogen) atoms. The van der Waals surface area contributed by atoms with Crippen LogP contribution in [-0.4, -0.2) is 25.4 Å². The van der Waals surface area contributed by atoms with Crippen molar-refractivity contribution in [2.24, 2.45) is 0 Å². The number of imidazole rings is 1. The first-order chi connectivity index (χ1) is 10.1. The lowest BCUT2D eigenvalue weighted by atomic mass is 10.4. The SMILES string of the molecule is Cc1nc(CNc2nc3ccccn3c2C(=O)O)oc1C. The predicted molar refractivity (Wildman–Crippen MR) is 75.5 cm³/mol. The van der Waals surface area contributed by atoms with Crippen molar-refractivity contribution in [3.8, 4) is 0 Å². The second kappa shape index (κ2) is 4.93. The number of anilines is 1. The van der Waals surface area contributed by atoms with E-state index in [1.807, 2.05) is 13.8 Å². The lowest BCUT2D eigenvalue weighted by Gasteiger charge is -2.01. The highest BCUT2D eigenvalue weighted by molar-refractivity contribution is 5.92. The molecule has 0 fully saturated rings. The Bertz CT molecular complexity index is 799. The number of carboxylic acid groups (broad SMARTS) is 1. The summed E-state index contributed by atoms with van der Waals surface area (Å²) < 4.78 is 6.98. The number of aryl methyl sites for hydroxylation is 2. The Balaban J connectivity index is 1.93. The number of oxazole rings is 1. The van der Waals surface area contributed by atoms with E-state index in [1.165, 1.54) is 4.40 Å². The second-order valence-electron chi connectivity index (χ2n) is 4.65. The van der Waals surface area contributed by atoms with Crippen LogP contribution in [0.15, 0.2) is 28.8 Å². The molecular formula is C14H14N4O3. The summed E-state index contributed by atoms with van der Waals surface area (Å²) in [7, 11) is 0. The molecule has 3 rings (SSSR count). The van der Waals surface area contributed by atoms with Crippen molar-refractivity contribution in [3.05, 3.63) is 47.4 Å². The molecule has 0 saturated carbocycles. The molecule has 0 saturated heterocycles. The van der Waals surface area contributed by atoms with Crippen LogP contribution in [0.5, 0.6) is 0 Å². The molecule has 3 aromatic heterocycles. The third kappa shape index (κ3) is 2.33. The number of hydrogen-bond acceptors (Lipinski definition) is 5. The van der Waals surface area contributed by atoms with Gasteiger partial charge in [-0.1, -0.05) is 6.07 Å². The van der Waals surface area contributed by atoms with Gasteiger partial charge in [0, 0.05) is 6.20 Å². The molecule has 0 spiro atoms. The van der Waals surface area contributed by atoms with Crippen molar-refractivity contribution in [3.63, 3.8) is 0 Å². The molecular weight excluding hydrogens is 272 g/mol. The second-order valence-corrected chi connectivity index (χ2v) is 4.65. The molecule has 0 unspecified atom stereocenters. The van der Waals surface area contributed by atoms with Crippen LogP contribution < -0.4 is 5.32 Å². The molecule has 0 aliphatic heterocycles. The minimum atomic E-state index is -1.05. The lowest BCUT2D eigenvalue weighted by Crippen LogP contribution is -2.08. The van der Waals surface area contributed by atoms with Gasteiger partial charge < -0.3 is 14.8 Å². The van der Waals surface area contributed by atoms with E-state index < -0.39 is 5.97 Å². The van der Waals surface area contributed by atoms with Gasteiger partial charge in [-0.15, -0.1) is 0 Å². The molecule has 7 nitrogen and oxygen atoms in total. The van der Waals surface area contributed by atoms with Crippen molar-refractivity contribution >= 4 is 17.4 Å². The predicted octanol–water partition coefficient (Wildman–Crippen LogP) is 2.25. The molecule has 0 radical (unpaired) electrons. The van der Waals surface area contributed by atoms with Gasteiger partial charge in [-0.3, -0.25) is 4.40 Å². The molecule has 0 amide bonds. The Labute approximate surface area is 120 Å². The number of carbonyl (C=O) groups is 1. The molecule has 7 heteroatoms. The van der Waals surface area contributed by atoms with Crippen molar-refractivity contribution in [1.82, 2.24) is 14.4 Å².